The first-order valence-electron chi connectivity index (χ1n) is 8.45. The summed E-state index contributed by atoms with van der Waals surface area (Å²) in [6.07, 6.45) is 5.30. The van der Waals surface area contributed by atoms with Crippen LogP contribution >= 0.6 is 24.0 Å². The molecule has 1 saturated heterocycles. The Morgan fingerprint density at radius 1 is 1.17 bits per heavy atom. The average Bonchev–Trinajstić information content (AvgIpc) is 2.97. The third-order valence-corrected chi connectivity index (χ3v) is 5.27. The molecule has 3 rings (SSSR count). The highest BCUT2D eigenvalue weighted by molar-refractivity contribution is 8.26. The minimum Gasteiger partial charge on any atom is -0.325 e. The van der Waals surface area contributed by atoms with Gasteiger partial charge in [-0.25, -0.2) is 0 Å². The number of rotatable bonds is 6. The van der Waals surface area contributed by atoms with E-state index in [0.29, 0.717) is 14.9 Å². The second kappa shape index (κ2) is 9.26. The summed E-state index contributed by atoms with van der Waals surface area (Å²) >= 11 is 6.35. The quantitative estimate of drug-likeness (QED) is 0.326. The molecule has 0 bridgehead atoms. The van der Waals surface area contributed by atoms with Gasteiger partial charge >= 0.3 is 0 Å². The van der Waals surface area contributed by atoms with Gasteiger partial charge in [0.15, 0.2) is 0 Å². The summed E-state index contributed by atoms with van der Waals surface area (Å²) in [4.78, 5) is 36.6. The lowest BCUT2D eigenvalue weighted by Gasteiger charge is -2.14. The van der Waals surface area contributed by atoms with Crippen LogP contribution in [0.3, 0.4) is 0 Å². The third-order valence-electron chi connectivity index (χ3n) is 3.87. The number of nitro benzene ring substituents is 1. The summed E-state index contributed by atoms with van der Waals surface area (Å²) in [6.45, 7) is -0.235. The molecule has 2 aromatic carbocycles. The van der Waals surface area contributed by atoms with Gasteiger partial charge in [0.2, 0.25) is 5.91 Å². The molecule has 1 fully saturated rings. The molecule has 1 heterocycles. The number of carbonyl (C=O) groups is 2. The van der Waals surface area contributed by atoms with Crippen molar-refractivity contribution in [3.05, 3.63) is 87.3 Å². The zero-order valence-corrected chi connectivity index (χ0v) is 16.6. The van der Waals surface area contributed by atoms with E-state index < -0.39 is 10.8 Å². The molecule has 0 atom stereocenters. The second-order valence-electron chi connectivity index (χ2n) is 5.91. The molecule has 29 heavy (non-hydrogen) atoms. The molecule has 0 saturated carbocycles. The Morgan fingerprint density at radius 3 is 2.52 bits per heavy atom. The molecule has 0 aromatic heterocycles. The fourth-order valence-corrected chi connectivity index (χ4v) is 3.68. The first-order chi connectivity index (χ1) is 13.9. The number of nitrogens with one attached hydrogen (secondary N) is 1. The van der Waals surface area contributed by atoms with E-state index in [2.05, 4.69) is 5.32 Å². The van der Waals surface area contributed by atoms with Crippen molar-refractivity contribution >= 4 is 57.6 Å². The van der Waals surface area contributed by atoms with Gasteiger partial charge in [-0.05, 0) is 23.8 Å². The van der Waals surface area contributed by atoms with Crippen LogP contribution < -0.4 is 5.32 Å². The number of non-ortho nitro benzene ring substituents is 1. The van der Waals surface area contributed by atoms with E-state index in [9.17, 15) is 19.7 Å². The van der Waals surface area contributed by atoms with Gasteiger partial charge in [-0.3, -0.25) is 24.6 Å². The summed E-state index contributed by atoms with van der Waals surface area (Å²) in [7, 11) is 0. The number of carbonyl (C=O) groups excluding carboxylic acids is 2. The molecule has 1 aliphatic rings. The van der Waals surface area contributed by atoms with Crippen LogP contribution in [0, 0.1) is 10.1 Å². The molecule has 2 aromatic rings. The monoisotopic (exact) mass is 425 g/mol. The predicted octanol–water partition coefficient (Wildman–Crippen LogP) is 3.99. The van der Waals surface area contributed by atoms with Crippen LogP contribution in [-0.4, -0.2) is 32.5 Å². The molecule has 7 nitrogen and oxygen atoms in total. The maximum absolute atomic E-state index is 12.5. The van der Waals surface area contributed by atoms with Gasteiger partial charge in [0.05, 0.1) is 9.83 Å². The number of allylic oxidation sites excluding steroid dienone is 2. The summed E-state index contributed by atoms with van der Waals surface area (Å²) in [6, 6.07) is 15.1. The zero-order valence-electron chi connectivity index (χ0n) is 15.0. The van der Waals surface area contributed by atoms with E-state index in [-0.39, 0.29) is 18.1 Å². The molecule has 9 heteroatoms. The molecule has 2 amide bonds. The third kappa shape index (κ3) is 5.37. The number of thiocarbonyl (C=S) groups is 1. The van der Waals surface area contributed by atoms with Gasteiger partial charge in [-0.15, -0.1) is 0 Å². The average molecular weight is 425 g/mol. The fourth-order valence-electron chi connectivity index (χ4n) is 2.47. The highest BCUT2D eigenvalue weighted by atomic mass is 32.2. The summed E-state index contributed by atoms with van der Waals surface area (Å²) in [5.74, 6) is -0.784. The number of hydrogen-bond acceptors (Lipinski definition) is 6. The number of thioether (sulfide) groups is 1. The number of benzene rings is 2. The van der Waals surface area contributed by atoms with Crippen LogP contribution in [0.2, 0.25) is 0 Å². The molecule has 146 valence electrons. The van der Waals surface area contributed by atoms with Gasteiger partial charge in [0.25, 0.3) is 11.6 Å². The standard InChI is InChI=1S/C20H15N3O4S2/c24-18(21-15-9-11-16(12-10-15)23(26)27)13-22-19(25)17(29-20(22)28)8-4-7-14-5-2-1-3-6-14/h1-12H,13H2,(H,21,24)/b7-4+,17-8-. The molecule has 1 aliphatic heterocycles. The van der Waals surface area contributed by atoms with Gasteiger partial charge in [-0.2, -0.15) is 0 Å². The van der Waals surface area contributed by atoms with Crippen molar-refractivity contribution < 1.29 is 14.5 Å². The summed E-state index contributed by atoms with van der Waals surface area (Å²) < 4.78 is 0.299. The maximum atomic E-state index is 12.5. The van der Waals surface area contributed by atoms with E-state index in [1.54, 1.807) is 12.2 Å². The van der Waals surface area contributed by atoms with Crippen molar-refractivity contribution in [3.63, 3.8) is 0 Å². The number of amides is 2. The van der Waals surface area contributed by atoms with Crippen molar-refractivity contribution in [2.75, 3.05) is 11.9 Å². The van der Waals surface area contributed by atoms with Crippen LogP contribution in [0.25, 0.3) is 6.08 Å². The molecular formula is C20H15N3O4S2. The number of hydrogen-bond donors (Lipinski definition) is 1. The first-order valence-corrected chi connectivity index (χ1v) is 9.68. The predicted molar refractivity (Wildman–Crippen MR) is 117 cm³/mol. The van der Waals surface area contributed by atoms with E-state index >= 15 is 0 Å². The summed E-state index contributed by atoms with van der Waals surface area (Å²) in [5, 5.41) is 13.3. The maximum Gasteiger partial charge on any atom is 0.269 e. The van der Waals surface area contributed by atoms with Crippen molar-refractivity contribution in [2.45, 2.75) is 0 Å². The molecule has 0 aliphatic carbocycles. The minimum absolute atomic E-state index is 0.0753. The Labute approximate surface area is 176 Å². The van der Waals surface area contributed by atoms with Gasteiger partial charge in [0.1, 0.15) is 10.9 Å². The number of anilines is 1. The Kier molecular flexibility index (Phi) is 6.53. The van der Waals surface area contributed by atoms with Crippen LogP contribution in [0.15, 0.2) is 71.7 Å². The molecule has 0 unspecified atom stereocenters. The molecule has 0 radical (unpaired) electrons. The van der Waals surface area contributed by atoms with Crippen molar-refractivity contribution in [3.8, 4) is 0 Å². The van der Waals surface area contributed by atoms with Crippen LogP contribution in [-0.2, 0) is 9.59 Å². The van der Waals surface area contributed by atoms with Crippen LogP contribution in [0.4, 0.5) is 11.4 Å². The lowest BCUT2D eigenvalue weighted by Crippen LogP contribution is -2.36. The van der Waals surface area contributed by atoms with Gasteiger partial charge < -0.3 is 5.32 Å². The number of nitro groups is 1. The van der Waals surface area contributed by atoms with Crippen LogP contribution in [0.5, 0.6) is 0 Å². The SMILES string of the molecule is O=C(CN1C(=O)/C(=C/C=C/c2ccccc2)SC1=S)Nc1ccc([N+](=O)[O-])cc1. The Bertz CT molecular complexity index is 1020. The van der Waals surface area contributed by atoms with E-state index in [4.69, 9.17) is 12.2 Å². The molecular weight excluding hydrogens is 410 g/mol. The fraction of sp³-hybridized carbons (Fsp3) is 0.0500. The Balaban J connectivity index is 1.60. The highest BCUT2D eigenvalue weighted by Crippen LogP contribution is 2.31. The van der Waals surface area contributed by atoms with Gasteiger partial charge in [-0.1, -0.05) is 66.5 Å². The van der Waals surface area contributed by atoms with Crippen molar-refractivity contribution in [2.24, 2.45) is 0 Å². The largest absolute Gasteiger partial charge is 0.325 e. The smallest absolute Gasteiger partial charge is 0.269 e. The normalized spacial score (nSPS) is 15.3. The molecule has 1 N–H and O–H groups in total. The van der Waals surface area contributed by atoms with Crippen molar-refractivity contribution in [1.82, 2.24) is 4.90 Å². The van der Waals surface area contributed by atoms with Gasteiger partial charge in [0, 0.05) is 17.8 Å². The lowest BCUT2D eigenvalue weighted by atomic mass is 10.2. The highest BCUT2D eigenvalue weighted by Gasteiger charge is 2.33. The Hall–Kier alpha value is -3.30. The topological polar surface area (TPSA) is 92.6 Å². The Morgan fingerprint density at radius 2 is 1.86 bits per heavy atom. The summed E-state index contributed by atoms with van der Waals surface area (Å²) in [5.41, 5.74) is 1.32. The number of nitrogens with zero attached hydrogens (tertiary/aromatic N) is 2. The molecule has 0 spiro atoms. The van der Waals surface area contributed by atoms with E-state index in [1.807, 2.05) is 36.4 Å². The minimum atomic E-state index is -0.524. The zero-order chi connectivity index (χ0) is 20.8. The first kappa shape index (κ1) is 20.4. The lowest BCUT2D eigenvalue weighted by molar-refractivity contribution is -0.384. The second-order valence-corrected chi connectivity index (χ2v) is 7.59. The van der Waals surface area contributed by atoms with E-state index in [1.165, 1.54) is 29.2 Å². The van der Waals surface area contributed by atoms with Crippen LogP contribution in [0.1, 0.15) is 5.56 Å². The van der Waals surface area contributed by atoms with Crippen molar-refractivity contribution in [1.29, 1.82) is 0 Å². The van der Waals surface area contributed by atoms with E-state index in [0.717, 1.165) is 17.3 Å².